The molecule has 0 bridgehead atoms. The molecule has 1 aliphatic rings. The number of cyclic esters (lactones) is 1. The molecule has 1 heterocycles. The predicted octanol–water partition coefficient (Wildman–Crippen LogP) is 2.90. The van der Waals surface area contributed by atoms with Crippen molar-refractivity contribution < 1.29 is 9.53 Å². The van der Waals surface area contributed by atoms with E-state index in [4.69, 9.17) is 27.9 Å². The molecule has 0 radical (unpaired) electrons. The van der Waals surface area contributed by atoms with E-state index in [0.717, 1.165) is 5.69 Å². The first-order chi connectivity index (χ1) is 7.20. The second-order valence-corrected chi connectivity index (χ2v) is 3.99. The predicted molar refractivity (Wildman–Crippen MR) is 59.8 cm³/mol. The van der Waals surface area contributed by atoms with Crippen LogP contribution in [0.2, 0.25) is 5.02 Å². The van der Waals surface area contributed by atoms with Crippen molar-refractivity contribution in [2.24, 2.45) is 0 Å². The summed E-state index contributed by atoms with van der Waals surface area (Å²) in [6.07, 6.45) is -0.585. The third-order valence-corrected chi connectivity index (χ3v) is 2.78. The number of nitrogens with zero attached hydrogens (tertiary/aromatic N) is 1. The topological polar surface area (TPSA) is 29.5 Å². The van der Waals surface area contributed by atoms with Crippen molar-refractivity contribution in [3.05, 3.63) is 29.3 Å². The lowest BCUT2D eigenvalue weighted by atomic mass is 10.3. The number of benzene rings is 1. The number of hydrogen-bond acceptors (Lipinski definition) is 2. The molecule has 1 atom stereocenters. The Kier molecular flexibility index (Phi) is 3.03. The maximum atomic E-state index is 11.4. The van der Waals surface area contributed by atoms with Crippen LogP contribution in [0.15, 0.2) is 24.3 Å². The Labute approximate surface area is 97.5 Å². The fourth-order valence-electron chi connectivity index (χ4n) is 1.43. The molecule has 2 rings (SSSR count). The van der Waals surface area contributed by atoms with Gasteiger partial charge in [-0.3, -0.25) is 4.90 Å². The lowest BCUT2D eigenvalue weighted by Gasteiger charge is -2.12. The summed E-state index contributed by atoms with van der Waals surface area (Å²) in [4.78, 5) is 13.0. The van der Waals surface area contributed by atoms with E-state index in [1.807, 2.05) is 0 Å². The number of anilines is 1. The largest absolute Gasteiger partial charge is 0.443 e. The van der Waals surface area contributed by atoms with E-state index in [1.165, 1.54) is 0 Å². The van der Waals surface area contributed by atoms with Gasteiger partial charge in [-0.15, -0.1) is 11.6 Å². The third-order valence-electron chi connectivity index (χ3n) is 2.18. The zero-order valence-electron chi connectivity index (χ0n) is 7.82. The number of hydrogen-bond donors (Lipinski definition) is 0. The maximum absolute atomic E-state index is 11.4. The van der Waals surface area contributed by atoms with Gasteiger partial charge in [-0.2, -0.15) is 0 Å². The number of carbonyl (C=O) groups is 1. The van der Waals surface area contributed by atoms with Gasteiger partial charge in [0.2, 0.25) is 0 Å². The average molecular weight is 246 g/mol. The Hall–Kier alpha value is -0.930. The zero-order chi connectivity index (χ0) is 10.8. The van der Waals surface area contributed by atoms with Gasteiger partial charge in [-0.25, -0.2) is 4.79 Å². The number of amides is 1. The van der Waals surface area contributed by atoms with Gasteiger partial charge < -0.3 is 4.74 Å². The SMILES string of the molecule is O=C1O[C@@H](CCl)CN1c1ccc(Cl)cc1. The van der Waals surface area contributed by atoms with Gasteiger partial charge in [0.1, 0.15) is 6.10 Å². The van der Waals surface area contributed by atoms with Gasteiger partial charge in [-0.1, -0.05) is 11.6 Å². The Morgan fingerprint density at radius 1 is 1.40 bits per heavy atom. The van der Waals surface area contributed by atoms with Crippen molar-refractivity contribution in [3.63, 3.8) is 0 Å². The lowest BCUT2D eigenvalue weighted by Crippen LogP contribution is -2.24. The summed E-state index contributed by atoms with van der Waals surface area (Å²) in [5.74, 6) is 0.315. The molecule has 1 aromatic carbocycles. The summed E-state index contributed by atoms with van der Waals surface area (Å²) >= 11 is 11.4. The summed E-state index contributed by atoms with van der Waals surface area (Å²) in [6, 6.07) is 7.02. The van der Waals surface area contributed by atoms with Gasteiger partial charge in [-0.05, 0) is 24.3 Å². The molecule has 0 N–H and O–H groups in total. The highest BCUT2D eigenvalue weighted by molar-refractivity contribution is 6.30. The molecular formula is C10H9Cl2NO2. The van der Waals surface area contributed by atoms with E-state index in [9.17, 15) is 4.79 Å². The van der Waals surface area contributed by atoms with Gasteiger partial charge in [0, 0.05) is 10.7 Å². The lowest BCUT2D eigenvalue weighted by molar-refractivity contribution is 0.151. The number of alkyl halides is 1. The summed E-state index contributed by atoms with van der Waals surface area (Å²) in [6.45, 7) is 0.490. The fourth-order valence-corrected chi connectivity index (χ4v) is 1.72. The highest BCUT2D eigenvalue weighted by Gasteiger charge is 2.31. The van der Waals surface area contributed by atoms with E-state index in [1.54, 1.807) is 29.2 Å². The molecule has 0 saturated carbocycles. The van der Waals surface area contributed by atoms with Crippen LogP contribution in [-0.2, 0) is 4.74 Å². The van der Waals surface area contributed by atoms with Crippen molar-refractivity contribution in [3.8, 4) is 0 Å². The molecule has 80 valence electrons. The summed E-state index contributed by atoms with van der Waals surface area (Å²) in [5.41, 5.74) is 0.775. The molecule has 1 fully saturated rings. The van der Waals surface area contributed by atoms with E-state index in [2.05, 4.69) is 0 Å². The summed E-state index contributed by atoms with van der Waals surface area (Å²) in [5, 5.41) is 0.639. The van der Waals surface area contributed by atoms with Crippen LogP contribution in [0.3, 0.4) is 0 Å². The zero-order valence-corrected chi connectivity index (χ0v) is 9.33. The highest BCUT2D eigenvalue weighted by Crippen LogP contribution is 2.23. The number of ether oxygens (including phenoxy) is 1. The molecule has 0 spiro atoms. The molecule has 1 amide bonds. The highest BCUT2D eigenvalue weighted by atomic mass is 35.5. The molecule has 0 aromatic heterocycles. The van der Waals surface area contributed by atoms with E-state index in [-0.39, 0.29) is 12.2 Å². The van der Waals surface area contributed by atoms with Crippen LogP contribution in [0, 0.1) is 0 Å². The molecule has 1 saturated heterocycles. The van der Waals surface area contributed by atoms with E-state index in [0.29, 0.717) is 17.4 Å². The van der Waals surface area contributed by atoms with Crippen LogP contribution < -0.4 is 4.90 Å². The normalized spacial score (nSPS) is 20.5. The molecule has 1 aliphatic heterocycles. The van der Waals surface area contributed by atoms with Crippen LogP contribution >= 0.6 is 23.2 Å². The van der Waals surface area contributed by atoms with Crippen LogP contribution in [-0.4, -0.2) is 24.6 Å². The first-order valence-electron chi connectivity index (χ1n) is 4.50. The molecule has 3 nitrogen and oxygen atoms in total. The minimum Gasteiger partial charge on any atom is -0.443 e. The van der Waals surface area contributed by atoms with Crippen molar-refractivity contribution in [1.82, 2.24) is 0 Å². The van der Waals surface area contributed by atoms with Crippen molar-refractivity contribution in [2.45, 2.75) is 6.10 Å². The van der Waals surface area contributed by atoms with Crippen LogP contribution in [0.1, 0.15) is 0 Å². The van der Waals surface area contributed by atoms with Crippen LogP contribution in [0.4, 0.5) is 10.5 Å². The maximum Gasteiger partial charge on any atom is 0.414 e. The monoisotopic (exact) mass is 245 g/mol. The van der Waals surface area contributed by atoms with Crippen molar-refractivity contribution in [1.29, 1.82) is 0 Å². The van der Waals surface area contributed by atoms with Crippen LogP contribution in [0.25, 0.3) is 0 Å². The van der Waals surface area contributed by atoms with E-state index < -0.39 is 0 Å². The Morgan fingerprint density at radius 2 is 2.07 bits per heavy atom. The number of halogens is 2. The van der Waals surface area contributed by atoms with Gasteiger partial charge in [0.05, 0.1) is 12.4 Å². The van der Waals surface area contributed by atoms with Crippen molar-refractivity contribution in [2.75, 3.05) is 17.3 Å². The molecular weight excluding hydrogens is 237 g/mol. The second kappa shape index (κ2) is 4.29. The first kappa shape index (κ1) is 10.6. The Bertz CT molecular complexity index is 366. The summed E-state index contributed by atoms with van der Waals surface area (Å²) in [7, 11) is 0. The molecule has 5 heteroatoms. The minimum absolute atomic E-state index is 0.227. The summed E-state index contributed by atoms with van der Waals surface area (Å²) < 4.78 is 5.03. The second-order valence-electron chi connectivity index (χ2n) is 3.25. The first-order valence-corrected chi connectivity index (χ1v) is 5.41. The molecule has 0 unspecified atom stereocenters. The standard InChI is InChI=1S/C10H9Cl2NO2/c11-5-9-6-13(10(14)15-9)8-3-1-7(12)2-4-8/h1-4,9H,5-6H2/t9-/m0/s1. The molecule has 1 aromatic rings. The van der Waals surface area contributed by atoms with Gasteiger partial charge in [0.15, 0.2) is 0 Å². The fraction of sp³-hybridized carbons (Fsp3) is 0.300. The van der Waals surface area contributed by atoms with E-state index >= 15 is 0 Å². The Balaban J connectivity index is 2.18. The van der Waals surface area contributed by atoms with Crippen molar-refractivity contribution >= 4 is 35.0 Å². The molecule has 0 aliphatic carbocycles. The average Bonchev–Trinajstić information content (AvgIpc) is 2.61. The minimum atomic E-state index is -0.358. The molecule has 15 heavy (non-hydrogen) atoms. The quantitative estimate of drug-likeness (QED) is 0.751. The van der Waals surface area contributed by atoms with Crippen LogP contribution in [0.5, 0.6) is 0 Å². The number of carbonyl (C=O) groups excluding carboxylic acids is 1. The Morgan fingerprint density at radius 3 is 2.60 bits per heavy atom. The van der Waals surface area contributed by atoms with Gasteiger partial charge >= 0.3 is 6.09 Å². The van der Waals surface area contributed by atoms with Gasteiger partial charge in [0.25, 0.3) is 0 Å². The number of rotatable bonds is 2. The third kappa shape index (κ3) is 2.19. The smallest absolute Gasteiger partial charge is 0.414 e.